The maximum absolute atomic E-state index is 9.79. The number of fused-ring (bicyclic) bond motifs is 1. The van der Waals surface area contributed by atoms with Gasteiger partial charge in [-0.1, -0.05) is 0 Å². The number of nitrogens with one attached hydrogen (secondary N) is 1. The minimum Gasteiger partial charge on any atom is -0.507 e. The third-order valence-corrected chi connectivity index (χ3v) is 3.57. The number of rotatable bonds is 2. The van der Waals surface area contributed by atoms with Crippen molar-refractivity contribution in [1.82, 2.24) is 15.2 Å². The van der Waals surface area contributed by atoms with Gasteiger partial charge in [0.15, 0.2) is 11.5 Å². The highest BCUT2D eigenvalue weighted by Crippen LogP contribution is 2.30. The molecule has 6 heteroatoms. The van der Waals surface area contributed by atoms with Gasteiger partial charge in [-0.15, -0.1) is 10.2 Å². The number of aromatic nitrogens is 3. The SMILES string of the molecule is Cc1cc(C)c2c(N=Nc3cc(C)c(O)c(C)c3)[nH]nc2n1. The number of H-pyrrole nitrogens is 1. The quantitative estimate of drug-likeness (QED) is 0.690. The molecular weight excluding hydrogens is 278 g/mol. The number of aryl methyl sites for hydroxylation is 4. The molecule has 6 nitrogen and oxygen atoms in total. The van der Waals surface area contributed by atoms with Crippen LogP contribution in [0.4, 0.5) is 11.5 Å². The largest absolute Gasteiger partial charge is 0.507 e. The summed E-state index contributed by atoms with van der Waals surface area (Å²) in [5.74, 6) is 0.879. The molecule has 0 atom stereocenters. The molecular formula is C16H17N5O. The van der Waals surface area contributed by atoms with Crippen molar-refractivity contribution in [2.75, 3.05) is 0 Å². The van der Waals surface area contributed by atoms with Crippen molar-refractivity contribution in [3.63, 3.8) is 0 Å². The van der Waals surface area contributed by atoms with E-state index in [1.807, 2.05) is 33.8 Å². The Morgan fingerprint density at radius 1 is 0.955 bits per heavy atom. The van der Waals surface area contributed by atoms with Crippen molar-refractivity contribution in [3.8, 4) is 5.75 Å². The van der Waals surface area contributed by atoms with E-state index in [-0.39, 0.29) is 0 Å². The van der Waals surface area contributed by atoms with Gasteiger partial charge in [-0.2, -0.15) is 5.10 Å². The average molecular weight is 295 g/mol. The predicted molar refractivity (Wildman–Crippen MR) is 85.1 cm³/mol. The first-order valence-corrected chi connectivity index (χ1v) is 7.00. The highest BCUT2D eigenvalue weighted by atomic mass is 16.3. The number of aromatic amines is 1. The van der Waals surface area contributed by atoms with Gasteiger partial charge in [0.1, 0.15) is 5.75 Å². The van der Waals surface area contributed by atoms with Crippen molar-refractivity contribution in [2.45, 2.75) is 27.7 Å². The normalized spacial score (nSPS) is 11.6. The van der Waals surface area contributed by atoms with Gasteiger partial charge in [0, 0.05) is 5.69 Å². The molecule has 2 aromatic heterocycles. The molecule has 0 unspecified atom stereocenters. The Kier molecular flexibility index (Phi) is 3.36. The molecule has 3 rings (SSSR count). The number of nitrogens with zero attached hydrogens (tertiary/aromatic N) is 4. The van der Waals surface area contributed by atoms with Gasteiger partial charge in [-0.05, 0) is 62.6 Å². The topological polar surface area (TPSA) is 86.5 Å². The molecule has 0 fully saturated rings. The fourth-order valence-corrected chi connectivity index (χ4v) is 2.52. The van der Waals surface area contributed by atoms with Crippen molar-refractivity contribution in [1.29, 1.82) is 0 Å². The lowest BCUT2D eigenvalue weighted by molar-refractivity contribution is 0.467. The third kappa shape index (κ3) is 2.43. The van der Waals surface area contributed by atoms with Crippen LogP contribution in [0.3, 0.4) is 0 Å². The van der Waals surface area contributed by atoms with E-state index in [0.717, 1.165) is 27.8 Å². The standard InChI is InChI=1S/C16H17N5O/c1-8-5-11(4)17-15-13(8)16(21-19-15)20-18-12-6-9(2)14(22)10(3)7-12/h5-7,22H,1-4H3,(H,17,19,21). The zero-order valence-corrected chi connectivity index (χ0v) is 13.0. The molecule has 22 heavy (non-hydrogen) atoms. The summed E-state index contributed by atoms with van der Waals surface area (Å²) in [6.07, 6.45) is 0. The van der Waals surface area contributed by atoms with Gasteiger partial charge >= 0.3 is 0 Å². The molecule has 0 amide bonds. The molecule has 0 aliphatic rings. The highest BCUT2D eigenvalue weighted by molar-refractivity contribution is 5.88. The van der Waals surface area contributed by atoms with Gasteiger partial charge in [0.25, 0.3) is 0 Å². The van der Waals surface area contributed by atoms with Crippen LogP contribution in [-0.4, -0.2) is 20.3 Å². The van der Waals surface area contributed by atoms with Crippen LogP contribution in [0.15, 0.2) is 28.4 Å². The maximum atomic E-state index is 9.79. The smallest absolute Gasteiger partial charge is 0.183 e. The molecule has 0 saturated heterocycles. The zero-order chi connectivity index (χ0) is 15.9. The Balaban J connectivity index is 2.03. The lowest BCUT2D eigenvalue weighted by Gasteiger charge is -2.03. The van der Waals surface area contributed by atoms with E-state index in [4.69, 9.17) is 0 Å². The minimum absolute atomic E-state index is 0.293. The Bertz CT molecular complexity index is 872. The van der Waals surface area contributed by atoms with Gasteiger partial charge in [-0.3, -0.25) is 5.10 Å². The lowest BCUT2D eigenvalue weighted by atomic mass is 10.1. The molecule has 0 aliphatic carbocycles. The molecule has 0 bridgehead atoms. The van der Waals surface area contributed by atoms with Gasteiger partial charge in [-0.25, -0.2) is 4.98 Å². The summed E-state index contributed by atoms with van der Waals surface area (Å²) in [6, 6.07) is 5.57. The molecule has 0 aliphatic heterocycles. The third-order valence-electron chi connectivity index (χ3n) is 3.57. The molecule has 0 spiro atoms. The fraction of sp³-hybridized carbons (Fsp3) is 0.250. The van der Waals surface area contributed by atoms with Gasteiger partial charge in [0.2, 0.25) is 0 Å². The number of phenols is 1. The van der Waals surface area contributed by atoms with Crippen LogP contribution >= 0.6 is 0 Å². The van der Waals surface area contributed by atoms with Crippen molar-refractivity contribution >= 4 is 22.5 Å². The first-order valence-electron chi connectivity index (χ1n) is 7.00. The number of phenolic OH excluding ortho intramolecular Hbond substituents is 1. The number of azo groups is 1. The second-order valence-corrected chi connectivity index (χ2v) is 5.48. The minimum atomic E-state index is 0.293. The van der Waals surface area contributed by atoms with Crippen LogP contribution in [0.25, 0.3) is 11.0 Å². The Morgan fingerprint density at radius 2 is 1.64 bits per heavy atom. The summed E-state index contributed by atoms with van der Waals surface area (Å²) < 4.78 is 0. The summed E-state index contributed by atoms with van der Waals surface area (Å²) in [4.78, 5) is 4.37. The van der Waals surface area contributed by atoms with Crippen molar-refractivity contribution in [2.24, 2.45) is 10.2 Å². The molecule has 112 valence electrons. The molecule has 1 aromatic carbocycles. The Morgan fingerprint density at radius 3 is 2.32 bits per heavy atom. The number of aromatic hydroxyl groups is 1. The van der Waals surface area contributed by atoms with Crippen LogP contribution in [0, 0.1) is 27.7 Å². The van der Waals surface area contributed by atoms with Gasteiger partial charge in [0.05, 0.1) is 11.1 Å². The number of benzene rings is 1. The summed E-state index contributed by atoms with van der Waals surface area (Å²) in [7, 11) is 0. The molecule has 0 saturated carbocycles. The number of pyridine rings is 1. The average Bonchev–Trinajstić information content (AvgIpc) is 2.85. The summed E-state index contributed by atoms with van der Waals surface area (Å²) in [6.45, 7) is 7.61. The first-order chi connectivity index (χ1) is 10.5. The van der Waals surface area contributed by atoms with E-state index >= 15 is 0 Å². The molecule has 2 N–H and O–H groups in total. The van der Waals surface area contributed by atoms with Crippen LogP contribution in [-0.2, 0) is 0 Å². The molecule has 0 radical (unpaired) electrons. The van der Waals surface area contributed by atoms with E-state index in [1.165, 1.54) is 0 Å². The zero-order valence-electron chi connectivity index (χ0n) is 13.0. The van der Waals surface area contributed by atoms with Crippen molar-refractivity contribution in [3.05, 3.63) is 40.6 Å². The Hall–Kier alpha value is -2.76. The maximum Gasteiger partial charge on any atom is 0.183 e. The summed E-state index contributed by atoms with van der Waals surface area (Å²) in [5.41, 5.74) is 4.86. The highest BCUT2D eigenvalue weighted by Gasteiger charge is 2.10. The summed E-state index contributed by atoms with van der Waals surface area (Å²) in [5, 5.41) is 26.2. The lowest BCUT2D eigenvalue weighted by Crippen LogP contribution is -1.84. The number of hydrogen-bond donors (Lipinski definition) is 2. The van der Waals surface area contributed by atoms with E-state index < -0.39 is 0 Å². The van der Waals surface area contributed by atoms with E-state index in [2.05, 4.69) is 25.4 Å². The summed E-state index contributed by atoms with van der Waals surface area (Å²) >= 11 is 0. The monoisotopic (exact) mass is 295 g/mol. The van der Waals surface area contributed by atoms with E-state index in [0.29, 0.717) is 22.9 Å². The van der Waals surface area contributed by atoms with Crippen LogP contribution in [0.1, 0.15) is 22.4 Å². The van der Waals surface area contributed by atoms with E-state index in [1.54, 1.807) is 12.1 Å². The van der Waals surface area contributed by atoms with Crippen LogP contribution < -0.4 is 0 Å². The van der Waals surface area contributed by atoms with Crippen molar-refractivity contribution < 1.29 is 5.11 Å². The second-order valence-electron chi connectivity index (χ2n) is 5.48. The van der Waals surface area contributed by atoms with Crippen LogP contribution in [0.5, 0.6) is 5.75 Å². The van der Waals surface area contributed by atoms with Gasteiger partial charge < -0.3 is 5.11 Å². The fourth-order valence-electron chi connectivity index (χ4n) is 2.52. The van der Waals surface area contributed by atoms with Crippen LogP contribution in [0.2, 0.25) is 0 Å². The number of hydrogen-bond acceptors (Lipinski definition) is 5. The molecule has 2 heterocycles. The van der Waals surface area contributed by atoms with E-state index in [9.17, 15) is 5.11 Å². The molecule has 3 aromatic rings. The first kappa shape index (κ1) is 14.2. The Labute approximate surface area is 127 Å². The second kappa shape index (κ2) is 5.22. The predicted octanol–water partition coefficient (Wildman–Crippen LogP) is 4.31.